The Kier molecular flexibility index (Phi) is 3.59. The number of rotatable bonds is 6. The van der Waals surface area contributed by atoms with Crippen LogP contribution in [0.25, 0.3) is 0 Å². The first-order chi connectivity index (χ1) is 9.21. The summed E-state index contributed by atoms with van der Waals surface area (Å²) in [6, 6.07) is 0. The Morgan fingerprint density at radius 1 is 1.32 bits per heavy atom. The second kappa shape index (κ2) is 5.08. The predicted octanol–water partition coefficient (Wildman–Crippen LogP) is 2.46. The Labute approximate surface area is 116 Å². The average Bonchev–Trinajstić information content (AvgIpc) is 3.29. The summed E-state index contributed by atoms with van der Waals surface area (Å²) in [5, 5.41) is 6.75. The molecule has 1 saturated heterocycles. The van der Waals surface area contributed by atoms with Gasteiger partial charge in [-0.15, -0.1) is 0 Å². The molecule has 3 aliphatic rings. The van der Waals surface area contributed by atoms with Crippen LogP contribution in [0.5, 0.6) is 0 Å². The minimum Gasteiger partial charge on any atom is -0.355 e. The van der Waals surface area contributed by atoms with Gasteiger partial charge < -0.3 is 10.6 Å². The summed E-state index contributed by atoms with van der Waals surface area (Å²) in [4.78, 5) is 12.7. The molecule has 108 valence electrons. The van der Waals surface area contributed by atoms with Crippen molar-refractivity contribution in [3.63, 3.8) is 0 Å². The standard InChI is InChI=1S/C16H28N2O/c1-2-6-16(7-3-10-17-11-16)14(19)18-12-15(8-9-15)13-4-5-13/h13,17H,2-12H2,1H3,(H,18,19). The van der Waals surface area contributed by atoms with Gasteiger partial charge in [-0.05, 0) is 62.8 Å². The number of carbonyl (C=O) groups excluding carboxylic acids is 1. The van der Waals surface area contributed by atoms with E-state index in [4.69, 9.17) is 0 Å². The fourth-order valence-corrected chi connectivity index (χ4v) is 4.00. The quantitative estimate of drug-likeness (QED) is 0.774. The minimum atomic E-state index is -0.118. The molecule has 3 heteroatoms. The largest absolute Gasteiger partial charge is 0.355 e. The fraction of sp³-hybridized carbons (Fsp3) is 0.938. The van der Waals surface area contributed by atoms with Crippen molar-refractivity contribution in [2.45, 2.75) is 58.3 Å². The second-order valence-corrected chi connectivity index (χ2v) is 7.13. The van der Waals surface area contributed by atoms with Gasteiger partial charge in [-0.3, -0.25) is 4.79 Å². The Bertz CT molecular complexity index is 333. The lowest BCUT2D eigenvalue weighted by molar-refractivity contribution is -0.133. The molecule has 0 radical (unpaired) electrons. The van der Waals surface area contributed by atoms with Gasteiger partial charge in [0.05, 0.1) is 5.41 Å². The third kappa shape index (κ3) is 2.67. The van der Waals surface area contributed by atoms with E-state index in [0.717, 1.165) is 51.2 Å². The molecule has 0 aromatic heterocycles. The summed E-state index contributed by atoms with van der Waals surface area (Å²) in [7, 11) is 0. The molecule has 0 spiro atoms. The number of amides is 1. The Morgan fingerprint density at radius 2 is 2.11 bits per heavy atom. The van der Waals surface area contributed by atoms with Crippen LogP contribution < -0.4 is 10.6 Å². The zero-order chi connectivity index (χ0) is 13.3. The van der Waals surface area contributed by atoms with Crippen LogP contribution in [0.4, 0.5) is 0 Å². The van der Waals surface area contributed by atoms with E-state index in [-0.39, 0.29) is 5.41 Å². The maximum atomic E-state index is 12.7. The zero-order valence-corrected chi connectivity index (χ0v) is 12.3. The average molecular weight is 264 g/mol. The van der Waals surface area contributed by atoms with Crippen molar-refractivity contribution in [3.8, 4) is 0 Å². The molecule has 1 atom stereocenters. The van der Waals surface area contributed by atoms with Gasteiger partial charge in [0.2, 0.25) is 5.91 Å². The molecule has 1 aliphatic heterocycles. The summed E-state index contributed by atoms with van der Waals surface area (Å²) in [5.41, 5.74) is 0.401. The Balaban J connectivity index is 1.57. The molecule has 3 fully saturated rings. The van der Waals surface area contributed by atoms with Gasteiger partial charge in [0.25, 0.3) is 0 Å². The Hall–Kier alpha value is -0.570. The van der Waals surface area contributed by atoms with Crippen molar-refractivity contribution in [2.24, 2.45) is 16.7 Å². The molecule has 2 N–H and O–H groups in total. The molecule has 19 heavy (non-hydrogen) atoms. The molecule has 1 heterocycles. The molecule has 1 amide bonds. The number of piperidine rings is 1. The lowest BCUT2D eigenvalue weighted by atomic mass is 9.76. The van der Waals surface area contributed by atoms with E-state index in [9.17, 15) is 4.79 Å². The topological polar surface area (TPSA) is 41.1 Å². The van der Waals surface area contributed by atoms with Gasteiger partial charge in [-0.25, -0.2) is 0 Å². The highest BCUT2D eigenvalue weighted by Crippen LogP contribution is 2.60. The lowest BCUT2D eigenvalue weighted by Gasteiger charge is -2.36. The van der Waals surface area contributed by atoms with E-state index in [1.807, 2.05) is 0 Å². The van der Waals surface area contributed by atoms with Crippen LogP contribution in [0.1, 0.15) is 58.3 Å². The van der Waals surface area contributed by atoms with E-state index in [2.05, 4.69) is 17.6 Å². The molecule has 3 rings (SSSR count). The highest BCUT2D eigenvalue weighted by atomic mass is 16.2. The van der Waals surface area contributed by atoms with E-state index in [1.165, 1.54) is 25.7 Å². The van der Waals surface area contributed by atoms with Gasteiger partial charge in [0, 0.05) is 13.1 Å². The smallest absolute Gasteiger partial charge is 0.227 e. The van der Waals surface area contributed by atoms with Crippen molar-refractivity contribution in [2.75, 3.05) is 19.6 Å². The normalized spacial score (nSPS) is 32.9. The fourth-order valence-electron chi connectivity index (χ4n) is 4.00. The number of carbonyl (C=O) groups is 1. The summed E-state index contributed by atoms with van der Waals surface area (Å²) < 4.78 is 0. The zero-order valence-electron chi connectivity index (χ0n) is 12.3. The van der Waals surface area contributed by atoms with Crippen LogP contribution in [-0.2, 0) is 4.79 Å². The summed E-state index contributed by atoms with van der Waals surface area (Å²) in [6.07, 6.45) is 9.82. The number of hydrogen-bond acceptors (Lipinski definition) is 2. The van der Waals surface area contributed by atoms with E-state index in [0.29, 0.717) is 11.3 Å². The predicted molar refractivity (Wildman–Crippen MR) is 76.8 cm³/mol. The van der Waals surface area contributed by atoms with Crippen LogP contribution in [0.2, 0.25) is 0 Å². The van der Waals surface area contributed by atoms with Gasteiger partial charge in [0.1, 0.15) is 0 Å². The first-order valence-corrected chi connectivity index (χ1v) is 8.20. The highest BCUT2D eigenvalue weighted by molar-refractivity contribution is 5.83. The van der Waals surface area contributed by atoms with Crippen LogP contribution in [0.3, 0.4) is 0 Å². The molecule has 0 aromatic carbocycles. The maximum Gasteiger partial charge on any atom is 0.227 e. The minimum absolute atomic E-state index is 0.118. The SMILES string of the molecule is CCCC1(C(=O)NCC2(C3CC3)CC2)CCCNC1. The van der Waals surface area contributed by atoms with Gasteiger partial charge >= 0.3 is 0 Å². The van der Waals surface area contributed by atoms with E-state index < -0.39 is 0 Å². The third-order valence-corrected chi connectivity index (χ3v) is 5.62. The summed E-state index contributed by atoms with van der Waals surface area (Å²) in [6.45, 7) is 5.09. The lowest BCUT2D eigenvalue weighted by Crippen LogP contribution is -2.51. The van der Waals surface area contributed by atoms with Crippen LogP contribution >= 0.6 is 0 Å². The van der Waals surface area contributed by atoms with Crippen LogP contribution in [-0.4, -0.2) is 25.5 Å². The van der Waals surface area contributed by atoms with E-state index in [1.54, 1.807) is 0 Å². The molecule has 0 bridgehead atoms. The molecule has 2 aliphatic carbocycles. The first kappa shape index (κ1) is 13.4. The molecule has 2 saturated carbocycles. The molecular formula is C16H28N2O. The summed E-state index contributed by atoms with van der Waals surface area (Å²) >= 11 is 0. The van der Waals surface area contributed by atoms with Crippen molar-refractivity contribution in [1.29, 1.82) is 0 Å². The monoisotopic (exact) mass is 264 g/mol. The van der Waals surface area contributed by atoms with Gasteiger partial charge in [-0.1, -0.05) is 13.3 Å². The van der Waals surface area contributed by atoms with E-state index >= 15 is 0 Å². The highest BCUT2D eigenvalue weighted by Gasteiger charge is 2.54. The van der Waals surface area contributed by atoms with Crippen molar-refractivity contribution < 1.29 is 4.79 Å². The molecular weight excluding hydrogens is 236 g/mol. The van der Waals surface area contributed by atoms with Gasteiger partial charge in [-0.2, -0.15) is 0 Å². The van der Waals surface area contributed by atoms with Crippen LogP contribution in [0.15, 0.2) is 0 Å². The second-order valence-electron chi connectivity index (χ2n) is 7.13. The molecule has 3 nitrogen and oxygen atoms in total. The van der Waals surface area contributed by atoms with Crippen molar-refractivity contribution >= 4 is 5.91 Å². The maximum absolute atomic E-state index is 12.7. The van der Waals surface area contributed by atoms with Crippen molar-refractivity contribution in [3.05, 3.63) is 0 Å². The third-order valence-electron chi connectivity index (χ3n) is 5.62. The first-order valence-electron chi connectivity index (χ1n) is 8.20. The van der Waals surface area contributed by atoms with Crippen molar-refractivity contribution in [1.82, 2.24) is 10.6 Å². The Morgan fingerprint density at radius 3 is 2.63 bits per heavy atom. The van der Waals surface area contributed by atoms with Gasteiger partial charge in [0.15, 0.2) is 0 Å². The number of hydrogen-bond donors (Lipinski definition) is 2. The molecule has 1 unspecified atom stereocenters. The number of nitrogens with one attached hydrogen (secondary N) is 2. The van der Waals surface area contributed by atoms with Crippen LogP contribution in [0, 0.1) is 16.7 Å². The molecule has 0 aromatic rings. The summed E-state index contributed by atoms with van der Waals surface area (Å²) in [5.74, 6) is 1.26.